The molecule has 2 rings (SSSR count). The van der Waals surface area contributed by atoms with Gasteiger partial charge in [-0.2, -0.15) is 0 Å². The van der Waals surface area contributed by atoms with Gasteiger partial charge >= 0.3 is 0 Å². The van der Waals surface area contributed by atoms with Crippen molar-refractivity contribution >= 4 is 5.78 Å². The SMILES string of the molecule is CN(C)/C=C/C(=O)c1ccc2c(c1)CCCC2. The molecule has 0 amide bonds. The van der Waals surface area contributed by atoms with E-state index in [4.69, 9.17) is 0 Å². The van der Waals surface area contributed by atoms with Gasteiger partial charge in [0.1, 0.15) is 0 Å². The van der Waals surface area contributed by atoms with Crippen molar-refractivity contribution in [3.63, 3.8) is 0 Å². The molecule has 1 aromatic carbocycles. The van der Waals surface area contributed by atoms with Gasteiger partial charge in [0.15, 0.2) is 5.78 Å². The van der Waals surface area contributed by atoms with Gasteiger partial charge in [0.05, 0.1) is 0 Å². The molecule has 1 aliphatic rings. The van der Waals surface area contributed by atoms with Crippen LogP contribution in [-0.4, -0.2) is 24.8 Å². The summed E-state index contributed by atoms with van der Waals surface area (Å²) in [5.74, 6) is 0.0899. The van der Waals surface area contributed by atoms with Crippen LogP contribution in [0, 0.1) is 0 Å². The number of hydrogen-bond acceptors (Lipinski definition) is 2. The number of nitrogens with zero attached hydrogens (tertiary/aromatic N) is 1. The van der Waals surface area contributed by atoms with Crippen molar-refractivity contribution in [3.8, 4) is 0 Å². The number of rotatable bonds is 3. The molecule has 0 bridgehead atoms. The topological polar surface area (TPSA) is 20.3 Å². The van der Waals surface area contributed by atoms with E-state index in [1.54, 1.807) is 12.3 Å². The summed E-state index contributed by atoms with van der Waals surface area (Å²) in [4.78, 5) is 13.8. The van der Waals surface area contributed by atoms with Crippen LogP contribution < -0.4 is 0 Å². The van der Waals surface area contributed by atoms with Crippen LogP contribution in [0.5, 0.6) is 0 Å². The lowest BCUT2D eigenvalue weighted by Gasteiger charge is -2.15. The highest BCUT2D eigenvalue weighted by atomic mass is 16.1. The molecule has 0 aliphatic heterocycles. The Balaban J connectivity index is 2.19. The Morgan fingerprint density at radius 3 is 2.59 bits per heavy atom. The largest absolute Gasteiger partial charge is 0.383 e. The second kappa shape index (κ2) is 5.17. The van der Waals surface area contributed by atoms with Gasteiger partial charge in [0.25, 0.3) is 0 Å². The van der Waals surface area contributed by atoms with Crippen molar-refractivity contribution in [2.45, 2.75) is 25.7 Å². The van der Waals surface area contributed by atoms with Crippen LogP contribution in [0.2, 0.25) is 0 Å². The average molecular weight is 229 g/mol. The van der Waals surface area contributed by atoms with E-state index >= 15 is 0 Å². The smallest absolute Gasteiger partial charge is 0.187 e. The number of allylic oxidation sites excluding steroid dienone is 1. The van der Waals surface area contributed by atoms with Crippen molar-refractivity contribution in [1.29, 1.82) is 0 Å². The Morgan fingerprint density at radius 2 is 1.88 bits per heavy atom. The molecule has 0 unspecified atom stereocenters. The summed E-state index contributed by atoms with van der Waals surface area (Å²) < 4.78 is 0. The maximum atomic E-state index is 11.9. The summed E-state index contributed by atoms with van der Waals surface area (Å²) in [5.41, 5.74) is 3.59. The van der Waals surface area contributed by atoms with Crippen molar-refractivity contribution in [2.24, 2.45) is 0 Å². The molecule has 0 saturated carbocycles. The summed E-state index contributed by atoms with van der Waals surface area (Å²) in [5, 5.41) is 0. The fraction of sp³-hybridized carbons (Fsp3) is 0.400. The molecular weight excluding hydrogens is 210 g/mol. The van der Waals surface area contributed by atoms with Crippen LogP contribution in [0.1, 0.15) is 34.3 Å². The van der Waals surface area contributed by atoms with E-state index in [-0.39, 0.29) is 5.78 Å². The van der Waals surface area contributed by atoms with E-state index in [0.717, 1.165) is 18.4 Å². The third-order valence-electron chi connectivity index (χ3n) is 3.16. The lowest BCUT2D eigenvalue weighted by molar-refractivity contribution is 0.104. The lowest BCUT2D eigenvalue weighted by atomic mass is 9.90. The summed E-state index contributed by atoms with van der Waals surface area (Å²) >= 11 is 0. The molecule has 2 heteroatoms. The first-order valence-corrected chi connectivity index (χ1v) is 6.17. The first-order valence-electron chi connectivity index (χ1n) is 6.17. The molecule has 17 heavy (non-hydrogen) atoms. The number of ketones is 1. The number of aryl methyl sites for hydroxylation is 2. The summed E-state index contributed by atoms with van der Waals surface area (Å²) in [6, 6.07) is 6.13. The van der Waals surface area contributed by atoms with Gasteiger partial charge in [-0.1, -0.05) is 12.1 Å². The molecule has 0 spiro atoms. The highest BCUT2D eigenvalue weighted by Crippen LogP contribution is 2.22. The molecule has 0 N–H and O–H groups in total. The second-order valence-electron chi connectivity index (χ2n) is 4.83. The Kier molecular flexibility index (Phi) is 3.62. The number of benzene rings is 1. The number of carbonyl (C=O) groups excluding carboxylic acids is 1. The quantitative estimate of drug-likeness (QED) is 0.587. The molecule has 0 fully saturated rings. The zero-order valence-electron chi connectivity index (χ0n) is 10.6. The molecule has 0 saturated heterocycles. The third-order valence-corrected chi connectivity index (χ3v) is 3.16. The first-order chi connectivity index (χ1) is 8.16. The average Bonchev–Trinajstić information content (AvgIpc) is 2.35. The molecule has 0 aromatic heterocycles. The predicted octanol–water partition coefficient (Wildman–Crippen LogP) is 2.82. The molecular formula is C15H19NO. The van der Waals surface area contributed by atoms with E-state index in [9.17, 15) is 4.79 Å². The number of carbonyl (C=O) groups is 1. The van der Waals surface area contributed by atoms with Crippen molar-refractivity contribution in [1.82, 2.24) is 4.90 Å². The van der Waals surface area contributed by atoms with E-state index in [1.165, 1.54) is 24.0 Å². The Morgan fingerprint density at radius 1 is 1.18 bits per heavy atom. The first kappa shape index (κ1) is 11.9. The number of hydrogen-bond donors (Lipinski definition) is 0. The van der Waals surface area contributed by atoms with E-state index < -0.39 is 0 Å². The van der Waals surface area contributed by atoms with Crippen LogP contribution in [0.3, 0.4) is 0 Å². The predicted molar refractivity (Wildman–Crippen MR) is 70.2 cm³/mol. The summed E-state index contributed by atoms with van der Waals surface area (Å²) in [6.45, 7) is 0. The lowest BCUT2D eigenvalue weighted by Crippen LogP contribution is -2.06. The monoisotopic (exact) mass is 229 g/mol. The van der Waals surface area contributed by atoms with E-state index in [1.807, 2.05) is 25.1 Å². The van der Waals surface area contributed by atoms with Gasteiger partial charge in [-0.25, -0.2) is 0 Å². The van der Waals surface area contributed by atoms with E-state index in [0.29, 0.717) is 0 Å². The van der Waals surface area contributed by atoms with E-state index in [2.05, 4.69) is 12.1 Å². The van der Waals surface area contributed by atoms with Crippen molar-refractivity contribution < 1.29 is 4.79 Å². The Hall–Kier alpha value is -1.57. The van der Waals surface area contributed by atoms with Crippen LogP contribution in [-0.2, 0) is 12.8 Å². The highest BCUT2D eigenvalue weighted by Gasteiger charge is 2.11. The van der Waals surface area contributed by atoms with Crippen LogP contribution >= 0.6 is 0 Å². The number of fused-ring (bicyclic) bond motifs is 1. The molecule has 0 heterocycles. The second-order valence-corrected chi connectivity index (χ2v) is 4.83. The van der Waals surface area contributed by atoms with Crippen LogP contribution in [0.15, 0.2) is 30.5 Å². The summed E-state index contributed by atoms with van der Waals surface area (Å²) in [7, 11) is 3.83. The molecule has 0 atom stereocenters. The molecule has 90 valence electrons. The van der Waals surface area contributed by atoms with Gasteiger partial charge in [0.2, 0.25) is 0 Å². The van der Waals surface area contributed by atoms with Gasteiger partial charge in [-0.05, 0) is 42.9 Å². The van der Waals surface area contributed by atoms with Crippen molar-refractivity contribution in [3.05, 3.63) is 47.2 Å². The summed E-state index contributed by atoms with van der Waals surface area (Å²) in [6.07, 6.45) is 8.23. The zero-order valence-corrected chi connectivity index (χ0v) is 10.6. The zero-order chi connectivity index (χ0) is 12.3. The van der Waals surface area contributed by atoms with Gasteiger partial charge < -0.3 is 4.90 Å². The molecule has 1 aliphatic carbocycles. The minimum atomic E-state index is 0.0899. The minimum Gasteiger partial charge on any atom is -0.383 e. The highest BCUT2D eigenvalue weighted by molar-refractivity contribution is 6.04. The van der Waals surface area contributed by atoms with Crippen molar-refractivity contribution in [2.75, 3.05) is 14.1 Å². The van der Waals surface area contributed by atoms with Gasteiger partial charge in [-0.3, -0.25) is 4.79 Å². The maximum absolute atomic E-state index is 11.9. The Labute approximate surface area is 103 Å². The Bertz CT molecular complexity index is 446. The molecule has 0 radical (unpaired) electrons. The third kappa shape index (κ3) is 2.96. The minimum absolute atomic E-state index is 0.0899. The standard InChI is InChI=1S/C15H19NO/c1-16(2)10-9-15(17)14-8-7-12-5-3-4-6-13(12)11-14/h7-11H,3-6H2,1-2H3/b10-9+. The molecule has 2 nitrogen and oxygen atoms in total. The van der Waals surface area contributed by atoms with Gasteiger partial charge in [-0.15, -0.1) is 0 Å². The normalized spacial score (nSPS) is 14.7. The maximum Gasteiger partial charge on any atom is 0.187 e. The molecule has 1 aromatic rings. The van der Waals surface area contributed by atoms with Gasteiger partial charge in [0, 0.05) is 31.9 Å². The fourth-order valence-electron chi connectivity index (χ4n) is 2.20. The van der Waals surface area contributed by atoms with Crippen LogP contribution in [0.4, 0.5) is 0 Å². The van der Waals surface area contributed by atoms with Crippen LogP contribution in [0.25, 0.3) is 0 Å². The fourth-order valence-corrected chi connectivity index (χ4v) is 2.20.